The van der Waals surface area contributed by atoms with Gasteiger partial charge in [-0.2, -0.15) is 0 Å². The van der Waals surface area contributed by atoms with Crippen molar-refractivity contribution in [2.24, 2.45) is 5.92 Å². The Morgan fingerprint density at radius 1 is 1.04 bits per heavy atom. The number of aromatic nitrogens is 1. The number of ether oxygens (including phenoxy) is 1. The summed E-state index contributed by atoms with van der Waals surface area (Å²) in [5.74, 6) is 1.40. The molecule has 0 bridgehead atoms. The number of likely N-dealkylation sites (N-methyl/N-ethyl adjacent to an activating group) is 1. The standard InChI is InChI=1S/C36H42Cl3N5O3/c1-3-41-34(45)17-23-4-8-30(37)25(16-23)20-44(26-6-7-26)36(46)29-19-40-12-10-28(29)24-5-9-33(42-18-24)43-13-11-27(21-43)47-35-31(38)14-22(2)15-32(35)39/h4-5,8-9,14-16,18,26-29,40H,3,6-7,10-13,17,19-21H2,1-2H3,(H,41,45)/t27-,28-,29+/m1/s1. The van der Waals surface area contributed by atoms with Crippen LogP contribution in [0.15, 0.2) is 48.7 Å². The number of nitrogens with one attached hydrogen (secondary N) is 2. The normalized spacial score (nSPS) is 21.0. The second-order valence-electron chi connectivity index (χ2n) is 12.9. The van der Waals surface area contributed by atoms with Gasteiger partial charge in [0.05, 0.1) is 28.9 Å². The molecule has 2 aromatic carbocycles. The molecule has 1 aromatic heterocycles. The lowest BCUT2D eigenvalue weighted by Gasteiger charge is -2.36. The van der Waals surface area contributed by atoms with Gasteiger partial charge in [-0.15, -0.1) is 0 Å². The molecular formula is C36H42Cl3N5O3. The molecule has 11 heteroatoms. The van der Waals surface area contributed by atoms with Gasteiger partial charge in [0.1, 0.15) is 11.9 Å². The molecule has 0 unspecified atom stereocenters. The minimum absolute atomic E-state index is 0.0263. The van der Waals surface area contributed by atoms with Crippen LogP contribution in [0.5, 0.6) is 5.75 Å². The molecule has 1 aliphatic carbocycles. The van der Waals surface area contributed by atoms with E-state index in [-0.39, 0.29) is 42.2 Å². The highest BCUT2D eigenvalue weighted by Crippen LogP contribution is 2.38. The van der Waals surface area contributed by atoms with E-state index in [1.54, 1.807) is 0 Å². The van der Waals surface area contributed by atoms with Crippen molar-refractivity contribution in [3.8, 4) is 5.75 Å². The van der Waals surface area contributed by atoms with Gasteiger partial charge in [-0.05, 0) is 92.1 Å². The quantitative estimate of drug-likeness (QED) is 0.236. The van der Waals surface area contributed by atoms with Crippen molar-refractivity contribution in [1.29, 1.82) is 0 Å². The van der Waals surface area contributed by atoms with Crippen molar-refractivity contribution in [1.82, 2.24) is 20.5 Å². The van der Waals surface area contributed by atoms with Gasteiger partial charge in [0.15, 0.2) is 5.75 Å². The maximum Gasteiger partial charge on any atom is 0.228 e. The van der Waals surface area contributed by atoms with Gasteiger partial charge in [-0.1, -0.05) is 53.0 Å². The molecule has 3 atom stereocenters. The fourth-order valence-corrected chi connectivity index (χ4v) is 7.66. The Balaban J connectivity index is 1.13. The Morgan fingerprint density at radius 3 is 2.53 bits per heavy atom. The van der Waals surface area contributed by atoms with Crippen LogP contribution in [0.25, 0.3) is 0 Å². The first-order valence-electron chi connectivity index (χ1n) is 16.6. The van der Waals surface area contributed by atoms with Crippen LogP contribution >= 0.6 is 34.8 Å². The average molecular weight is 699 g/mol. The van der Waals surface area contributed by atoms with Crippen molar-refractivity contribution in [2.75, 3.05) is 37.6 Å². The molecule has 3 aliphatic rings. The van der Waals surface area contributed by atoms with Crippen molar-refractivity contribution in [3.63, 3.8) is 0 Å². The van der Waals surface area contributed by atoms with E-state index in [9.17, 15) is 9.59 Å². The summed E-state index contributed by atoms with van der Waals surface area (Å²) in [6.45, 7) is 7.85. The Hall–Kier alpha value is -3.04. The number of benzene rings is 2. The minimum Gasteiger partial charge on any atom is -0.485 e. The maximum atomic E-state index is 14.3. The number of aryl methyl sites for hydroxylation is 1. The molecule has 2 amide bonds. The molecule has 250 valence electrons. The van der Waals surface area contributed by atoms with Crippen molar-refractivity contribution in [3.05, 3.63) is 86.0 Å². The summed E-state index contributed by atoms with van der Waals surface area (Å²) in [4.78, 5) is 35.6. The van der Waals surface area contributed by atoms with Crippen LogP contribution in [0, 0.1) is 12.8 Å². The number of anilines is 1. The smallest absolute Gasteiger partial charge is 0.228 e. The van der Waals surface area contributed by atoms with Crippen LogP contribution in [0.2, 0.25) is 15.1 Å². The number of amides is 2. The summed E-state index contributed by atoms with van der Waals surface area (Å²) in [5.41, 5.74) is 3.84. The van der Waals surface area contributed by atoms with E-state index in [2.05, 4.69) is 27.7 Å². The van der Waals surface area contributed by atoms with Gasteiger partial charge in [0.2, 0.25) is 11.8 Å². The molecule has 0 radical (unpaired) electrons. The first-order chi connectivity index (χ1) is 22.7. The molecule has 3 heterocycles. The van der Waals surface area contributed by atoms with Gasteiger partial charge < -0.3 is 25.2 Å². The van der Waals surface area contributed by atoms with E-state index in [0.717, 1.165) is 66.8 Å². The number of rotatable bonds is 11. The van der Waals surface area contributed by atoms with Gasteiger partial charge in [-0.3, -0.25) is 9.59 Å². The maximum absolute atomic E-state index is 14.3. The molecule has 6 rings (SSSR count). The molecular weight excluding hydrogens is 657 g/mol. The highest BCUT2D eigenvalue weighted by molar-refractivity contribution is 6.37. The predicted molar refractivity (Wildman–Crippen MR) is 188 cm³/mol. The third-order valence-corrected chi connectivity index (χ3v) is 10.3. The van der Waals surface area contributed by atoms with E-state index in [1.165, 1.54) is 0 Å². The molecule has 3 fully saturated rings. The number of carbonyl (C=O) groups excluding carboxylic acids is 2. The number of pyridine rings is 1. The van der Waals surface area contributed by atoms with Crippen LogP contribution in [0.1, 0.15) is 60.8 Å². The predicted octanol–water partition coefficient (Wildman–Crippen LogP) is 6.57. The van der Waals surface area contributed by atoms with Crippen molar-refractivity contribution < 1.29 is 14.3 Å². The minimum atomic E-state index is -0.206. The lowest BCUT2D eigenvalue weighted by atomic mass is 9.80. The monoisotopic (exact) mass is 697 g/mol. The Labute approximate surface area is 292 Å². The molecule has 2 aliphatic heterocycles. The highest BCUT2D eigenvalue weighted by atomic mass is 35.5. The fraction of sp³-hybridized carbons (Fsp3) is 0.472. The molecule has 1 saturated carbocycles. The molecule has 3 aromatic rings. The number of halogens is 3. The summed E-state index contributed by atoms with van der Waals surface area (Å²) in [6.07, 6.45) is 5.86. The molecule has 2 saturated heterocycles. The van der Waals surface area contributed by atoms with E-state index in [0.29, 0.717) is 47.0 Å². The number of nitrogens with zero attached hydrogens (tertiary/aromatic N) is 3. The first-order valence-corrected chi connectivity index (χ1v) is 17.7. The number of carbonyl (C=O) groups is 2. The molecule has 8 nitrogen and oxygen atoms in total. The zero-order chi connectivity index (χ0) is 33.1. The topological polar surface area (TPSA) is 86.8 Å². The summed E-state index contributed by atoms with van der Waals surface area (Å²) in [6, 6.07) is 13.8. The average Bonchev–Trinajstić information content (AvgIpc) is 3.79. The van der Waals surface area contributed by atoms with Gasteiger partial charge in [-0.25, -0.2) is 4.98 Å². The molecule has 2 N–H and O–H groups in total. The fourth-order valence-electron chi connectivity index (χ4n) is 6.79. The van der Waals surface area contributed by atoms with E-state index >= 15 is 0 Å². The third kappa shape index (κ3) is 8.16. The second-order valence-corrected chi connectivity index (χ2v) is 14.2. The lowest BCUT2D eigenvalue weighted by Crippen LogP contribution is -2.47. The summed E-state index contributed by atoms with van der Waals surface area (Å²) in [7, 11) is 0. The summed E-state index contributed by atoms with van der Waals surface area (Å²) >= 11 is 19.5. The highest BCUT2D eigenvalue weighted by Gasteiger charge is 2.40. The van der Waals surface area contributed by atoms with E-state index in [4.69, 9.17) is 44.5 Å². The van der Waals surface area contributed by atoms with Crippen molar-refractivity contribution >= 4 is 52.4 Å². The Morgan fingerprint density at radius 2 is 1.83 bits per heavy atom. The van der Waals surface area contributed by atoms with Gasteiger partial charge in [0.25, 0.3) is 0 Å². The van der Waals surface area contributed by atoms with Crippen LogP contribution in [0.4, 0.5) is 5.82 Å². The number of hydrogen-bond donors (Lipinski definition) is 2. The summed E-state index contributed by atoms with van der Waals surface area (Å²) < 4.78 is 6.22. The number of hydrogen-bond acceptors (Lipinski definition) is 6. The second kappa shape index (κ2) is 15.0. The zero-order valence-corrected chi connectivity index (χ0v) is 29.2. The van der Waals surface area contributed by atoms with Crippen molar-refractivity contribution in [2.45, 2.75) is 70.6 Å². The largest absolute Gasteiger partial charge is 0.485 e. The Bertz CT molecular complexity index is 1580. The Kier molecular flexibility index (Phi) is 10.8. The molecule has 47 heavy (non-hydrogen) atoms. The van der Waals surface area contributed by atoms with E-state index in [1.807, 2.05) is 55.3 Å². The zero-order valence-electron chi connectivity index (χ0n) is 26.9. The summed E-state index contributed by atoms with van der Waals surface area (Å²) in [5, 5.41) is 7.97. The van der Waals surface area contributed by atoms with Gasteiger partial charge in [0, 0.05) is 49.9 Å². The third-order valence-electron chi connectivity index (χ3n) is 9.35. The van der Waals surface area contributed by atoms with Crippen LogP contribution in [-0.4, -0.2) is 66.6 Å². The number of piperidine rings is 1. The first kappa shape index (κ1) is 33.8. The lowest BCUT2D eigenvalue weighted by molar-refractivity contribution is -0.138. The van der Waals surface area contributed by atoms with Gasteiger partial charge >= 0.3 is 0 Å². The molecule has 0 spiro atoms. The van der Waals surface area contributed by atoms with Crippen LogP contribution in [0.3, 0.4) is 0 Å². The van der Waals surface area contributed by atoms with E-state index < -0.39 is 0 Å². The SMILES string of the molecule is CCNC(=O)Cc1ccc(Cl)c(CN(C(=O)[C@H]2CNCC[C@@H]2c2ccc(N3CC[C@@H](Oc4c(Cl)cc(C)cc4Cl)C3)nc2)C2CC2)c1. The van der Waals surface area contributed by atoms with Crippen LogP contribution in [-0.2, 0) is 22.6 Å². The van der Waals surface area contributed by atoms with Crippen LogP contribution < -0.4 is 20.3 Å².